The van der Waals surface area contributed by atoms with Crippen LogP contribution in [0.1, 0.15) is 34.1 Å². The number of carbonyl (C=O) groups is 1. The average Bonchev–Trinajstić information content (AvgIpc) is 3.24. The van der Waals surface area contributed by atoms with Crippen LogP contribution in [0.15, 0.2) is 67.4 Å². The minimum Gasteiger partial charge on any atom is -0.462 e. The van der Waals surface area contributed by atoms with E-state index in [4.69, 9.17) is 4.74 Å². The number of alkyl halides is 7. The van der Waals surface area contributed by atoms with Crippen molar-refractivity contribution in [2.24, 2.45) is 0 Å². The molecule has 0 unspecified atom stereocenters. The van der Waals surface area contributed by atoms with Gasteiger partial charge in [0.1, 0.15) is 0 Å². The van der Waals surface area contributed by atoms with Crippen LogP contribution in [-0.4, -0.2) is 28.4 Å². The number of benzene rings is 2. The Balaban J connectivity index is 2.01. The van der Waals surface area contributed by atoms with E-state index in [0.29, 0.717) is 5.69 Å². The monoisotopic (exact) mass is 528 g/mol. The Labute approximate surface area is 207 Å². The molecule has 4 nitrogen and oxygen atoms in total. The summed E-state index contributed by atoms with van der Waals surface area (Å²) in [5.74, 6) is -13.0. The second-order valence-corrected chi connectivity index (χ2v) is 8.49. The minimum atomic E-state index is -6.06. The zero-order valence-electron chi connectivity index (χ0n) is 18.8. The van der Waals surface area contributed by atoms with Crippen LogP contribution >= 0.6 is 11.6 Å². The Hall–Kier alpha value is -3.40. The van der Waals surface area contributed by atoms with E-state index < -0.39 is 40.0 Å². The first-order valence-electron chi connectivity index (χ1n) is 10.7. The van der Waals surface area contributed by atoms with Gasteiger partial charge in [0.25, 0.3) is 0 Å². The third kappa shape index (κ3) is 3.93. The number of halogens is 7. The normalized spacial score (nSPS) is 13.9. The molecule has 0 radical (unpaired) electrons. The fourth-order valence-electron chi connectivity index (χ4n) is 4.11. The van der Waals surface area contributed by atoms with Crippen LogP contribution in [-0.2, 0) is 17.2 Å². The number of hydrogen-bond acceptors (Lipinski definition) is 3. The molecule has 1 aliphatic rings. The Kier molecular flexibility index (Phi) is 6.36. The summed E-state index contributed by atoms with van der Waals surface area (Å²) < 4.78 is 92.8. The molecule has 3 aromatic rings. The van der Waals surface area contributed by atoms with Crippen molar-refractivity contribution in [3.8, 4) is 5.69 Å². The predicted octanol–water partition coefficient (Wildman–Crippen LogP) is 7.20. The fraction of sp³-hybridized carbons (Fsp3) is 0.240. The molecule has 1 aliphatic heterocycles. The van der Waals surface area contributed by atoms with Gasteiger partial charge in [0.2, 0.25) is 0 Å². The lowest BCUT2D eigenvalue weighted by molar-refractivity contribution is -0.286. The van der Waals surface area contributed by atoms with Crippen molar-refractivity contribution in [2.45, 2.75) is 30.7 Å². The van der Waals surface area contributed by atoms with E-state index in [0.717, 1.165) is 16.3 Å². The van der Waals surface area contributed by atoms with E-state index in [2.05, 4.69) is 18.2 Å². The van der Waals surface area contributed by atoms with Crippen molar-refractivity contribution < 1.29 is 35.9 Å². The van der Waals surface area contributed by atoms with Crippen LogP contribution in [0.25, 0.3) is 11.4 Å². The number of rotatable bonds is 7. The fourth-order valence-corrected chi connectivity index (χ4v) is 4.23. The summed E-state index contributed by atoms with van der Waals surface area (Å²) in [6.07, 6.45) is 0.864. The molecule has 11 heteroatoms. The van der Waals surface area contributed by atoms with E-state index in [9.17, 15) is 22.4 Å². The molecule has 0 atom stereocenters. The lowest BCUT2D eigenvalue weighted by Crippen LogP contribution is -2.50. The van der Waals surface area contributed by atoms with Gasteiger partial charge in [-0.2, -0.15) is 26.3 Å². The number of aromatic nitrogens is 1. The molecule has 0 saturated carbocycles. The first-order chi connectivity index (χ1) is 16.8. The van der Waals surface area contributed by atoms with E-state index in [1.165, 1.54) is 17.9 Å². The van der Waals surface area contributed by atoms with Crippen molar-refractivity contribution in [2.75, 3.05) is 11.5 Å². The molecule has 0 amide bonds. The molecule has 2 aromatic carbocycles. The van der Waals surface area contributed by atoms with Crippen LogP contribution in [0.3, 0.4) is 0 Å². The molecule has 0 saturated heterocycles. The van der Waals surface area contributed by atoms with Crippen molar-refractivity contribution in [1.82, 2.24) is 4.57 Å². The highest BCUT2D eigenvalue weighted by Crippen LogP contribution is 2.56. The predicted molar refractivity (Wildman–Crippen MR) is 123 cm³/mol. The number of esters is 1. The number of carbonyl (C=O) groups excluding carboxylic acids is 1. The van der Waals surface area contributed by atoms with Crippen molar-refractivity contribution >= 4 is 29.0 Å². The highest BCUT2D eigenvalue weighted by atomic mass is 35.5. The molecule has 0 N–H and O–H groups in total. The highest BCUT2D eigenvalue weighted by molar-refractivity contribution is 6.22. The number of anilines is 1. The van der Waals surface area contributed by atoms with Gasteiger partial charge in [-0.15, -0.1) is 0 Å². The van der Waals surface area contributed by atoms with Gasteiger partial charge in [0.05, 0.1) is 40.5 Å². The lowest BCUT2D eigenvalue weighted by Gasteiger charge is -2.36. The molecular weight excluding hydrogens is 510 g/mol. The van der Waals surface area contributed by atoms with E-state index in [1.54, 1.807) is 48.5 Å². The lowest BCUT2D eigenvalue weighted by atomic mass is 9.95. The maximum absolute atomic E-state index is 15.4. The SMILES string of the molecule is C=C1c2c(C(F)(F)C(F)(F)C(F)(F)Cl)c(C(=O)OCC)cn2-c2ccccc2N1Cc1ccccc1. The van der Waals surface area contributed by atoms with E-state index >= 15 is 8.78 Å². The van der Waals surface area contributed by atoms with Crippen LogP contribution in [0.4, 0.5) is 32.0 Å². The summed E-state index contributed by atoms with van der Waals surface area (Å²) in [7, 11) is 0. The van der Waals surface area contributed by atoms with Crippen LogP contribution in [0.5, 0.6) is 0 Å². The molecule has 0 aliphatic carbocycles. The van der Waals surface area contributed by atoms with Gasteiger partial charge >= 0.3 is 23.2 Å². The number of para-hydroxylation sites is 2. The van der Waals surface area contributed by atoms with Gasteiger partial charge in [0.15, 0.2) is 0 Å². The van der Waals surface area contributed by atoms with Crippen LogP contribution in [0.2, 0.25) is 0 Å². The zero-order valence-corrected chi connectivity index (χ0v) is 19.5. The standard InChI is InChI=1S/C25H19ClF6N2O2/c1-3-36-22(35)17-14-34-19-12-8-7-11-18(19)33(13-16-9-5-4-6-10-16)15(2)21(34)20(17)23(27,28)24(29,30)25(26,31)32/h4-12,14H,2-3,13H2,1H3. The Morgan fingerprint density at radius 3 is 2.14 bits per heavy atom. The van der Waals surface area contributed by atoms with Gasteiger partial charge in [0, 0.05) is 12.7 Å². The molecule has 0 bridgehead atoms. The first kappa shape index (κ1) is 25.7. The topological polar surface area (TPSA) is 34.5 Å². The first-order valence-corrected chi connectivity index (χ1v) is 11.1. The van der Waals surface area contributed by atoms with Crippen LogP contribution < -0.4 is 4.90 Å². The Morgan fingerprint density at radius 1 is 0.972 bits per heavy atom. The second kappa shape index (κ2) is 8.92. The van der Waals surface area contributed by atoms with E-state index in [1.807, 2.05) is 0 Å². The summed E-state index contributed by atoms with van der Waals surface area (Å²) in [6.45, 7) is 5.01. The number of fused-ring (bicyclic) bond motifs is 3. The van der Waals surface area contributed by atoms with Crippen molar-refractivity contribution in [3.05, 3.63) is 89.8 Å². The summed E-state index contributed by atoms with van der Waals surface area (Å²) >= 11 is 4.44. The van der Waals surface area contributed by atoms with Gasteiger partial charge in [-0.25, -0.2) is 4.79 Å². The third-order valence-electron chi connectivity index (χ3n) is 5.78. The van der Waals surface area contributed by atoms with Gasteiger partial charge in [-0.1, -0.05) is 49.0 Å². The third-order valence-corrected chi connectivity index (χ3v) is 6.02. The summed E-state index contributed by atoms with van der Waals surface area (Å²) in [6, 6.07) is 15.2. The maximum Gasteiger partial charge on any atom is 0.390 e. The van der Waals surface area contributed by atoms with Crippen molar-refractivity contribution in [3.63, 3.8) is 0 Å². The molecule has 36 heavy (non-hydrogen) atoms. The van der Waals surface area contributed by atoms with Gasteiger partial charge in [-0.3, -0.25) is 0 Å². The summed E-state index contributed by atoms with van der Waals surface area (Å²) in [4.78, 5) is 14.1. The molecule has 4 rings (SSSR count). The second-order valence-electron chi connectivity index (χ2n) is 8.01. The Morgan fingerprint density at radius 2 is 1.56 bits per heavy atom. The maximum atomic E-state index is 15.4. The number of hydrogen-bond donors (Lipinski definition) is 0. The smallest absolute Gasteiger partial charge is 0.390 e. The molecule has 2 heterocycles. The summed E-state index contributed by atoms with van der Waals surface area (Å²) in [5.41, 5.74) is -2.07. The molecule has 1 aromatic heterocycles. The molecule has 190 valence electrons. The van der Waals surface area contributed by atoms with Gasteiger partial charge in [-0.05, 0) is 36.2 Å². The van der Waals surface area contributed by atoms with Crippen LogP contribution in [0, 0.1) is 0 Å². The molecular formula is C25H19ClF6N2O2. The van der Waals surface area contributed by atoms with Crippen molar-refractivity contribution in [1.29, 1.82) is 0 Å². The number of ether oxygens (including phenoxy) is 1. The van der Waals surface area contributed by atoms with E-state index in [-0.39, 0.29) is 24.5 Å². The zero-order chi connectivity index (χ0) is 26.5. The highest BCUT2D eigenvalue weighted by Gasteiger charge is 2.73. The summed E-state index contributed by atoms with van der Waals surface area (Å²) in [5, 5.41) is -5.63. The number of nitrogens with zero attached hydrogens (tertiary/aromatic N) is 2. The largest absolute Gasteiger partial charge is 0.462 e. The minimum absolute atomic E-state index is 0.0870. The Bertz CT molecular complexity index is 1320. The average molecular weight is 529 g/mol. The molecule has 0 fully saturated rings. The molecule has 0 spiro atoms. The van der Waals surface area contributed by atoms with Gasteiger partial charge < -0.3 is 14.2 Å². The quantitative estimate of drug-likeness (QED) is 0.185.